The van der Waals surface area contributed by atoms with Crippen LogP contribution in [0, 0.1) is 5.82 Å². The average Bonchev–Trinajstić information content (AvgIpc) is 2.17. The second kappa shape index (κ2) is 3.49. The zero-order chi connectivity index (χ0) is 10.8. The number of nitrogens with zero attached hydrogens (tertiary/aromatic N) is 2. The van der Waals surface area contributed by atoms with Crippen LogP contribution in [0.25, 0.3) is 5.69 Å². The lowest BCUT2D eigenvalue weighted by molar-refractivity contribution is 0.623. The molecule has 0 aliphatic rings. The zero-order valence-corrected chi connectivity index (χ0v) is 7.48. The molecule has 0 atom stereocenters. The van der Waals surface area contributed by atoms with Crippen LogP contribution in [0.4, 0.5) is 4.39 Å². The van der Waals surface area contributed by atoms with Gasteiger partial charge in [0, 0.05) is 0 Å². The lowest BCUT2D eigenvalue weighted by Crippen LogP contribution is -2.30. The van der Waals surface area contributed by atoms with Gasteiger partial charge in [-0.2, -0.15) is 9.78 Å². The van der Waals surface area contributed by atoms with Gasteiger partial charge >= 0.3 is 5.69 Å². The summed E-state index contributed by atoms with van der Waals surface area (Å²) in [5.41, 5.74) is -1.03. The summed E-state index contributed by atoms with van der Waals surface area (Å²) in [5.74, 6) is -0.479. The van der Waals surface area contributed by atoms with Gasteiger partial charge < -0.3 is 0 Å². The normalized spacial score (nSPS) is 10.2. The van der Waals surface area contributed by atoms with E-state index in [0.29, 0.717) is 0 Å². The number of hydrogen-bond donors (Lipinski definition) is 1. The Balaban J connectivity index is 2.64. The number of benzene rings is 1. The van der Waals surface area contributed by atoms with Crippen LogP contribution in [-0.2, 0) is 0 Å². The lowest BCUT2D eigenvalue weighted by atomic mass is 10.3. The van der Waals surface area contributed by atoms with Crippen LogP contribution in [-0.4, -0.2) is 14.8 Å². The molecule has 1 aromatic carbocycles. The van der Waals surface area contributed by atoms with Gasteiger partial charge in [-0.3, -0.25) is 9.78 Å². The van der Waals surface area contributed by atoms with Crippen LogP contribution in [0.15, 0.2) is 40.1 Å². The fourth-order valence-electron chi connectivity index (χ4n) is 1.15. The molecule has 1 N–H and O–H groups in total. The molecule has 1 aromatic heterocycles. The van der Waals surface area contributed by atoms with Gasteiger partial charge in [0.2, 0.25) is 0 Å². The molecule has 1 heterocycles. The Morgan fingerprint density at radius 2 is 2.13 bits per heavy atom. The van der Waals surface area contributed by atoms with Crippen molar-refractivity contribution in [2.24, 2.45) is 0 Å². The monoisotopic (exact) mass is 207 g/mol. The van der Waals surface area contributed by atoms with Gasteiger partial charge in [0.15, 0.2) is 0 Å². The van der Waals surface area contributed by atoms with Crippen molar-refractivity contribution in [1.29, 1.82) is 0 Å². The Morgan fingerprint density at radius 3 is 2.80 bits per heavy atom. The third kappa shape index (κ3) is 1.83. The Labute approximate surface area is 82.8 Å². The fraction of sp³-hybridized carbons (Fsp3) is 0. The minimum Gasteiger partial charge on any atom is -0.271 e. The summed E-state index contributed by atoms with van der Waals surface area (Å²) in [4.78, 5) is 24.0. The molecule has 76 valence electrons. The lowest BCUT2D eigenvalue weighted by Gasteiger charge is -2.01. The highest BCUT2D eigenvalue weighted by Crippen LogP contribution is 2.04. The summed E-state index contributed by atoms with van der Waals surface area (Å²) in [6.07, 6.45) is 0.951. The van der Waals surface area contributed by atoms with Crippen molar-refractivity contribution in [2.75, 3.05) is 0 Å². The molecule has 5 nitrogen and oxygen atoms in total. The third-order valence-electron chi connectivity index (χ3n) is 1.77. The number of hydrogen-bond acceptors (Lipinski definition) is 3. The van der Waals surface area contributed by atoms with Crippen molar-refractivity contribution in [1.82, 2.24) is 14.8 Å². The van der Waals surface area contributed by atoms with E-state index in [1.165, 1.54) is 18.2 Å². The molecule has 0 saturated heterocycles. The van der Waals surface area contributed by atoms with E-state index in [9.17, 15) is 14.0 Å². The molecule has 0 radical (unpaired) electrons. The quantitative estimate of drug-likeness (QED) is 0.718. The first-order chi connectivity index (χ1) is 7.16. The highest BCUT2D eigenvalue weighted by atomic mass is 19.1. The molecular weight excluding hydrogens is 201 g/mol. The van der Waals surface area contributed by atoms with Gasteiger partial charge in [-0.25, -0.2) is 9.18 Å². The number of nitrogens with one attached hydrogen (secondary N) is 1. The first-order valence-corrected chi connectivity index (χ1v) is 4.11. The number of aromatic amines is 1. The van der Waals surface area contributed by atoms with Crippen molar-refractivity contribution < 1.29 is 4.39 Å². The smallest absolute Gasteiger partial charge is 0.271 e. The summed E-state index contributed by atoms with van der Waals surface area (Å²) in [6, 6.07) is 5.35. The standard InChI is InChI=1S/C9H6FN3O2/c10-6-2-1-3-7(4-6)13-9(15)12-8(14)5-11-13/h1-5H,(H,12,14,15). The summed E-state index contributed by atoms with van der Waals surface area (Å²) in [7, 11) is 0. The second-order valence-electron chi connectivity index (χ2n) is 2.83. The molecule has 2 aromatic rings. The predicted octanol–water partition coefficient (Wildman–Crippen LogP) is 0.0599. The van der Waals surface area contributed by atoms with E-state index in [-0.39, 0.29) is 5.69 Å². The predicted molar refractivity (Wildman–Crippen MR) is 50.4 cm³/mol. The topological polar surface area (TPSA) is 67.8 Å². The minimum absolute atomic E-state index is 0.260. The molecule has 15 heavy (non-hydrogen) atoms. The molecule has 2 rings (SSSR count). The molecular formula is C9H6FN3O2. The SMILES string of the molecule is O=c1cnn(-c2cccc(F)c2)c(=O)[nH]1. The number of H-pyrrole nitrogens is 1. The van der Waals surface area contributed by atoms with Crippen LogP contribution in [0.3, 0.4) is 0 Å². The van der Waals surface area contributed by atoms with Crippen LogP contribution < -0.4 is 11.2 Å². The van der Waals surface area contributed by atoms with Crippen molar-refractivity contribution >= 4 is 0 Å². The second-order valence-corrected chi connectivity index (χ2v) is 2.83. The number of aromatic nitrogens is 3. The van der Waals surface area contributed by atoms with Gasteiger partial charge in [0.05, 0.1) is 5.69 Å². The molecule has 0 saturated carbocycles. The van der Waals surface area contributed by atoms with E-state index in [4.69, 9.17) is 0 Å². The summed E-state index contributed by atoms with van der Waals surface area (Å²) in [6.45, 7) is 0. The van der Waals surface area contributed by atoms with E-state index in [0.717, 1.165) is 16.9 Å². The molecule has 0 fully saturated rings. The average molecular weight is 207 g/mol. The van der Waals surface area contributed by atoms with Crippen molar-refractivity contribution in [3.63, 3.8) is 0 Å². The Hall–Kier alpha value is -2.24. The maximum atomic E-state index is 12.8. The van der Waals surface area contributed by atoms with E-state index >= 15 is 0 Å². The zero-order valence-electron chi connectivity index (χ0n) is 7.48. The van der Waals surface area contributed by atoms with Crippen molar-refractivity contribution in [2.45, 2.75) is 0 Å². The van der Waals surface area contributed by atoms with E-state index in [1.54, 1.807) is 0 Å². The van der Waals surface area contributed by atoms with Gasteiger partial charge in [0.1, 0.15) is 12.0 Å². The Kier molecular flexibility index (Phi) is 2.17. The summed E-state index contributed by atoms with van der Waals surface area (Å²) >= 11 is 0. The van der Waals surface area contributed by atoms with Crippen molar-refractivity contribution in [3.8, 4) is 5.69 Å². The molecule has 0 bridgehead atoms. The van der Waals surface area contributed by atoms with E-state index < -0.39 is 17.1 Å². The molecule has 0 spiro atoms. The fourth-order valence-corrected chi connectivity index (χ4v) is 1.15. The first kappa shape index (κ1) is 9.32. The highest BCUT2D eigenvalue weighted by molar-refractivity contribution is 5.29. The van der Waals surface area contributed by atoms with Crippen LogP contribution in [0.1, 0.15) is 0 Å². The number of rotatable bonds is 1. The molecule has 0 unspecified atom stereocenters. The largest absolute Gasteiger partial charge is 0.349 e. The van der Waals surface area contributed by atoms with Crippen LogP contribution in [0.5, 0.6) is 0 Å². The van der Waals surface area contributed by atoms with Gasteiger partial charge in [-0.1, -0.05) is 6.07 Å². The summed E-state index contributed by atoms with van der Waals surface area (Å²) in [5, 5.41) is 3.58. The van der Waals surface area contributed by atoms with E-state index in [2.05, 4.69) is 5.10 Å². The molecule has 0 aliphatic carbocycles. The highest BCUT2D eigenvalue weighted by Gasteiger charge is 2.01. The Bertz CT molecular complexity index is 603. The number of halogens is 1. The van der Waals surface area contributed by atoms with Gasteiger partial charge in [-0.15, -0.1) is 0 Å². The third-order valence-corrected chi connectivity index (χ3v) is 1.77. The maximum absolute atomic E-state index is 12.8. The summed E-state index contributed by atoms with van der Waals surface area (Å²) < 4.78 is 13.8. The van der Waals surface area contributed by atoms with Gasteiger partial charge in [-0.05, 0) is 18.2 Å². The first-order valence-electron chi connectivity index (χ1n) is 4.11. The molecule has 0 aliphatic heterocycles. The van der Waals surface area contributed by atoms with Crippen LogP contribution in [0.2, 0.25) is 0 Å². The van der Waals surface area contributed by atoms with E-state index in [1.807, 2.05) is 4.98 Å². The van der Waals surface area contributed by atoms with Crippen LogP contribution >= 0.6 is 0 Å². The van der Waals surface area contributed by atoms with Crippen molar-refractivity contribution in [3.05, 3.63) is 57.1 Å². The van der Waals surface area contributed by atoms with Gasteiger partial charge in [0.25, 0.3) is 5.56 Å². The minimum atomic E-state index is -0.701. The molecule has 0 amide bonds. The Morgan fingerprint density at radius 1 is 1.33 bits per heavy atom. The molecule has 6 heteroatoms. The maximum Gasteiger partial charge on any atom is 0.349 e.